The average molecular weight is 333 g/mol. The van der Waals surface area contributed by atoms with Crippen molar-refractivity contribution in [2.45, 2.75) is 38.0 Å². The van der Waals surface area contributed by atoms with Crippen LogP contribution in [0.25, 0.3) is 0 Å². The van der Waals surface area contributed by atoms with Gasteiger partial charge in [0.1, 0.15) is 5.82 Å². The molecule has 3 heterocycles. The first kappa shape index (κ1) is 16.5. The number of hydrogen-bond donors (Lipinski definition) is 0. The number of likely N-dealkylation sites (tertiary alicyclic amines) is 1. The largest absolute Gasteiger partial charge is 0.378 e. The molecule has 3 fully saturated rings. The Hall–Kier alpha value is -1.01. The van der Waals surface area contributed by atoms with Crippen molar-refractivity contribution in [3.63, 3.8) is 0 Å². The molecule has 1 aromatic carbocycles. The van der Waals surface area contributed by atoms with E-state index in [-0.39, 0.29) is 11.4 Å². The maximum absolute atomic E-state index is 13.9. The average Bonchev–Trinajstić information content (AvgIpc) is 2.55. The minimum absolute atomic E-state index is 0.0878. The maximum atomic E-state index is 13.9. The van der Waals surface area contributed by atoms with Crippen LogP contribution in [0.3, 0.4) is 0 Å². The molecule has 1 spiro atoms. The summed E-state index contributed by atoms with van der Waals surface area (Å²) in [6, 6.07) is 8.21. The predicted octanol–water partition coefficient (Wildman–Crippen LogP) is 1.80. The highest BCUT2D eigenvalue weighted by Crippen LogP contribution is 2.37. The lowest BCUT2D eigenvalue weighted by Gasteiger charge is -2.64. The van der Waals surface area contributed by atoms with Gasteiger partial charge < -0.3 is 4.74 Å². The summed E-state index contributed by atoms with van der Waals surface area (Å²) in [5.74, 6) is -0.0878. The molecule has 0 unspecified atom stereocenters. The lowest BCUT2D eigenvalue weighted by molar-refractivity contribution is -0.171. The quantitative estimate of drug-likeness (QED) is 0.840. The van der Waals surface area contributed by atoms with Crippen molar-refractivity contribution < 1.29 is 9.13 Å². The molecule has 0 saturated carbocycles. The second-order valence-corrected chi connectivity index (χ2v) is 7.91. The highest BCUT2D eigenvalue weighted by Gasteiger charge is 2.54. The lowest BCUT2D eigenvalue weighted by atomic mass is 9.82. The van der Waals surface area contributed by atoms with Crippen LogP contribution in [-0.4, -0.2) is 78.3 Å². The highest BCUT2D eigenvalue weighted by molar-refractivity contribution is 5.19. The molecule has 132 valence electrons. The van der Waals surface area contributed by atoms with E-state index in [9.17, 15) is 4.39 Å². The van der Waals surface area contributed by atoms with Crippen LogP contribution >= 0.6 is 0 Å². The smallest absolute Gasteiger partial charge is 0.127 e. The fourth-order valence-electron chi connectivity index (χ4n) is 4.68. The first-order valence-corrected chi connectivity index (χ1v) is 9.12. The number of ether oxygens (including phenoxy) is 1. The Kier molecular flexibility index (Phi) is 4.37. The van der Waals surface area contributed by atoms with Crippen molar-refractivity contribution in [3.8, 4) is 0 Å². The van der Waals surface area contributed by atoms with Crippen LogP contribution in [0.1, 0.15) is 19.4 Å². The van der Waals surface area contributed by atoms with Crippen molar-refractivity contribution in [3.05, 3.63) is 35.6 Å². The standard InChI is InChI=1S/C19H28FN3O/c1-15(2)22-10-17-11-24-8-7-23(17)19(14-22)12-21(13-19)9-16-5-3-4-6-18(16)20/h3-6,15,17H,7-14H2,1-2H3/t17-/m1/s1. The van der Waals surface area contributed by atoms with Crippen LogP contribution in [0, 0.1) is 5.82 Å². The minimum atomic E-state index is -0.0878. The van der Waals surface area contributed by atoms with Crippen LogP contribution in [-0.2, 0) is 11.3 Å². The number of rotatable bonds is 3. The highest BCUT2D eigenvalue weighted by atomic mass is 19.1. The number of halogens is 1. The van der Waals surface area contributed by atoms with Gasteiger partial charge in [0.05, 0.1) is 18.8 Å². The lowest BCUT2D eigenvalue weighted by Crippen LogP contribution is -2.80. The van der Waals surface area contributed by atoms with Crippen LogP contribution in [0.15, 0.2) is 24.3 Å². The van der Waals surface area contributed by atoms with Gasteiger partial charge in [-0.2, -0.15) is 0 Å². The Morgan fingerprint density at radius 1 is 1.25 bits per heavy atom. The predicted molar refractivity (Wildman–Crippen MR) is 92.4 cm³/mol. The second kappa shape index (κ2) is 6.37. The Labute approximate surface area is 144 Å². The van der Waals surface area contributed by atoms with Crippen LogP contribution in [0.5, 0.6) is 0 Å². The van der Waals surface area contributed by atoms with Gasteiger partial charge in [-0.3, -0.25) is 14.7 Å². The van der Waals surface area contributed by atoms with E-state index in [1.807, 2.05) is 12.1 Å². The SMILES string of the molecule is CC(C)N1C[C@@H]2COCCN2C2(CN(Cc3ccccc3F)C2)C1. The molecule has 5 heteroatoms. The van der Waals surface area contributed by atoms with Gasteiger partial charge in [-0.05, 0) is 19.9 Å². The summed E-state index contributed by atoms with van der Waals surface area (Å²) in [4.78, 5) is 7.66. The normalized spacial score (nSPS) is 28.1. The third-order valence-corrected chi connectivity index (χ3v) is 5.90. The molecule has 0 bridgehead atoms. The number of benzene rings is 1. The zero-order valence-corrected chi connectivity index (χ0v) is 14.7. The van der Waals surface area contributed by atoms with Crippen molar-refractivity contribution >= 4 is 0 Å². The number of morpholine rings is 1. The molecule has 1 aromatic rings. The number of nitrogens with zero attached hydrogens (tertiary/aromatic N) is 3. The third kappa shape index (κ3) is 2.88. The molecular formula is C19H28FN3O. The van der Waals surface area contributed by atoms with Gasteiger partial charge in [-0.1, -0.05) is 18.2 Å². The number of piperazine rings is 1. The molecule has 3 aliphatic rings. The Bertz CT molecular complexity index is 588. The summed E-state index contributed by atoms with van der Waals surface area (Å²) in [5.41, 5.74) is 1.03. The molecule has 3 saturated heterocycles. The molecule has 0 N–H and O–H groups in total. The molecule has 3 aliphatic heterocycles. The molecule has 0 amide bonds. The minimum Gasteiger partial charge on any atom is -0.378 e. The number of fused-ring (bicyclic) bond motifs is 2. The fraction of sp³-hybridized carbons (Fsp3) is 0.684. The van der Waals surface area contributed by atoms with Crippen molar-refractivity contribution in [1.29, 1.82) is 0 Å². The topological polar surface area (TPSA) is 19.0 Å². The molecule has 0 aromatic heterocycles. The van der Waals surface area contributed by atoms with Crippen LogP contribution in [0.4, 0.5) is 4.39 Å². The van der Waals surface area contributed by atoms with Crippen LogP contribution in [0.2, 0.25) is 0 Å². The van der Waals surface area contributed by atoms with E-state index in [1.165, 1.54) is 0 Å². The molecule has 4 rings (SSSR count). The Balaban J connectivity index is 1.47. The Morgan fingerprint density at radius 2 is 2.04 bits per heavy atom. The van der Waals surface area contributed by atoms with Gasteiger partial charge in [0.2, 0.25) is 0 Å². The van der Waals surface area contributed by atoms with Gasteiger partial charge >= 0.3 is 0 Å². The van der Waals surface area contributed by atoms with Crippen LogP contribution < -0.4 is 0 Å². The monoisotopic (exact) mass is 333 g/mol. The molecule has 24 heavy (non-hydrogen) atoms. The first-order valence-electron chi connectivity index (χ1n) is 9.12. The summed E-state index contributed by atoms with van der Waals surface area (Å²) in [6.45, 7) is 12.3. The molecular weight excluding hydrogens is 305 g/mol. The first-order chi connectivity index (χ1) is 11.6. The summed E-state index contributed by atoms with van der Waals surface area (Å²) in [5, 5.41) is 0. The summed E-state index contributed by atoms with van der Waals surface area (Å²) < 4.78 is 19.7. The van der Waals surface area contributed by atoms with Gasteiger partial charge in [0.15, 0.2) is 0 Å². The van der Waals surface area contributed by atoms with E-state index >= 15 is 0 Å². The zero-order chi connectivity index (χ0) is 16.7. The Morgan fingerprint density at radius 3 is 2.79 bits per heavy atom. The van der Waals surface area contributed by atoms with Gasteiger partial charge in [0, 0.05) is 56.9 Å². The zero-order valence-electron chi connectivity index (χ0n) is 14.7. The van der Waals surface area contributed by atoms with Crippen molar-refractivity contribution in [2.24, 2.45) is 0 Å². The summed E-state index contributed by atoms with van der Waals surface area (Å²) in [6.07, 6.45) is 0. The van der Waals surface area contributed by atoms with E-state index in [1.54, 1.807) is 12.1 Å². The van der Waals surface area contributed by atoms with Gasteiger partial charge in [-0.15, -0.1) is 0 Å². The number of hydrogen-bond acceptors (Lipinski definition) is 4. The van der Waals surface area contributed by atoms with Crippen molar-refractivity contribution in [2.75, 3.05) is 45.9 Å². The molecule has 0 radical (unpaired) electrons. The molecule has 1 atom stereocenters. The van der Waals surface area contributed by atoms with Crippen molar-refractivity contribution in [1.82, 2.24) is 14.7 Å². The van der Waals surface area contributed by atoms with Gasteiger partial charge in [-0.25, -0.2) is 4.39 Å². The molecule has 0 aliphatic carbocycles. The van der Waals surface area contributed by atoms with E-state index in [0.717, 1.165) is 51.5 Å². The van der Waals surface area contributed by atoms with E-state index in [2.05, 4.69) is 28.5 Å². The second-order valence-electron chi connectivity index (χ2n) is 7.91. The maximum Gasteiger partial charge on any atom is 0.127 e. The summed E-state index contributed by atoms with van der Waals surface area (Å²) >= 11 is 0. The van der Waals surface area contributed by atoms with Gasteiger partial charge in [0.25, 0.3) is 0 Å². The third-order valence-electron chi connectivity index (χ3n) is 5.90. The van der Waals surface area contributed by atoms with E-state index < -0.39 is 0 Å². The van der Waals surface area contributed by atoms with E-state index in [4.69, 9.17) is 4.74 Å². The summed E-state index contributed by atoms with van der Waals surface area (Å²) in [7, 11) is 0. The molecule has 4 nitrogen and oxygen atoms in total. The fourth-order valence-corrected chi connectivity index (χ4v) is 4.68. The van der Waals surface area contributed by atoms with E-state index in [0.29, 0.717) is 18.6 Å².